The third kappa shape index (κ3) is 1.87. The van der Waals surface area contributed by atoms with Gasteiger partial charge in [-0.15, -0.1) is 0 Å². The highest BCUT2D eigenvalue weighted by Gasteiger charge is 2.34. The standard InChI is InChI=1S/C10H16N2O3S/c1-8-9(4-5-13)7-11-12(8)10-3-2-6-16(10,14)15/h7,10,13H,2-6H2,1H3. The maximum atomic E-state index is 11.8. The minimum Gasteiger partial charge on any atom is -0.396 e. The fraction of sp³-hybridized carbons (Fsp3) is 0.700. The first kappa shape index (κ1) is 11.6. The lowest BCUT2D eigenvalue weighted by Gasteiger charge is -2.12. The summed E-state index contributed by atoms with van der Waals surface area (Å²) >= 11 is 0. The number of hydrogen-bond donors (Lipinski definition) is 1. The van der Waals surface area contributed by atoms with Gasteiger partial charge in [-0.2, -0.15) is 5.10 Å². The minimum atomic E-state index is -3.03. The Morgan fingerprint density at radius 1 is 1.62 bits per heavy atom. The lowest BCUT2D eigenvalue weighted by Crippen LogP contribution is -2.18. The van der Waals surface area contributed by atoms with E-state index in [9.17, 15) is 8.42 Å². The van der Waals surface area contributed by atoms with Crippen molar-refractivity contribution in [3.05, 3.63) is 17.5 Å². The molecule has 1 aromatic rings. The fourth-order valence-electron chi connectivity index (χ4n) is 2.16. The summed E-state index contributed by atoms with van der Waals surface area (Å²) in [5.74, 6) is 0.256. The average Bonchev–Trinajstić information content (AvgIpc) is 2.72. The van der Waals surface area contributed by atoms with Gasteiger partial charge < -0.3 is 5.11 Å². The van der Waals surface area contributed by atoms with Crippen LogP contribution in [0.25, 0.3) is 0 Å². The molecule has 6 heteroatoms. The lowest BCUT2D eigenvalue weighted by atomic mass is 10.2. The van der Waals surface area contributed by atoms with Crippen molar-refractivity contribution in [1.82, 2.24) is 9.78 Å². The molecule has 1 aliphatic rings. The Hall–Kier alpha value is -0.880. The van der Waals surface area contributed by atoms with E-state index in [2.05, 4.69) is 5.10 Å². The van der Waals surface area contributed by atoms with Crippen molar-refractivity contribution in [2.75, 3.05) is 12.4 Å². The van der Waals surface area contributed by atoms with Gasteiger partial charge in [-0.05, 0) is 31.7 Å². The van der Waals surface area contributed by atoms with Gasteiger partial charge >= 0.3 is 0 Å². The minimum absolute atomic E-state index is 0.0595. The van der Waals surface area contributed by atoms with Crippen LogP contribution in [-0.2, 0) is 16.3 Å². The highest BCUT2D eigenvalue weighted by molar-refractivity contribution is 7.91. The Morgan fingerprint density at radius 2 is 2.38 bits per heavy atom. The number of aliphatic hydroxyl groups excluding tert-OH is 1. The molecule has 1 fully saturated rings. The van der Waals surface area contributed by atoms with E-state index in [4.69, 9.17) is 5.11 Å². The molecular formula is C10H16N2O3S. The van der Waals surface area contributed by atoms with Crippen LogP contribution in [0.3, 0.4) is 0 Å². The molecule has 0 spiro atoms. The van der Waals surface area contributed by atoms with Gasteiger partial charge in [-0.3, -0.25) is 4.68 Å². The van der Waals surface area contributed by atoms with Gasteiger partial charge in [0.1, 0.15) is 0 Å². The zero-order valence-corrected chi connectivity index (χ0v) is 10.1. The summed E-state index contributed by atoms with van der Waals surface area (Å²) in [4.78, 5) is 0. The average molecular weight is 244 g/mol. The second-order valence-electron chi connectivity index (χ2n) is 4.14. The second kappa shape index (κ2) is 4.18. The lowest BCUT2D eigenvalue weighted by molar-refractivity contribution is 0.299. The number of aromatic nitrogens is 2. The van der Waals surface area contributed by atoms with Crippen LogP contribution >= 0.6 is 0 Å². The topological polar surface area (TPSA) is 72.2 Å². The molecule has 1 aliphatic heterocycles. The van der Waals surface area contributed by atoms with Crippen LogP contribution in [0.2, 0.25) is 0 Å². The van der Waals surface area contributed by atoms with Crippen LogP contribution < -0.4 is 0 Å². The molecule has 1 aromatic heterocycles. The number of rotatable bonds is 3. The SMILES string of the molecule is Cc1c(CCO)cnn1C1CCCS1(=O)=O. The normalized spacial score (nSPS) is 23.8. The van der Waals surface area contributed by atoms with Gasteiger partial charge in [0.05, 0.1) is 11.9 Å². The van der Waals surface area contributed by atoms with E-state index in [0.29, 0.717) is 19.3 Å². The molecule has 90 valence electrons. The summed E-state index contributed by atoms with van der Waals surface area (Å²) in [7, 11) is -3.03. The fourth-order valence-corrected chi connectivity index (χ4v) is 4.05. The summed E-state index contributed by atoms with van der Waals surface area (Å²) in [6, 6.07) is 0. The molecule has 0 aromatic carbocycles. The van der Waals surface area contributed by atoms with Gasteiger partial charge in [0.25, 0.3) is 0 Å². The van der Waals surface area contributed by atoms with Crippen LogP contribution in [0, 0.1) is 6.92 Å². The molecule has 2 rings (SSSR count). The summed E-state index contributed by atoms with van der Waals surface area (Å²) in [6.07, 6.45) is 3.53. The Morgan fingerprint density at radius 3 is 2.94 bits per heavy atom. The number of sulfone groups is 1. The van der Waals surface area contributed by atoms with Crippen molar-refractivity contribution in [2.24, 2.45) is 0 Å². The third-order valence-electron chi connectivity index (χ3n) is 3.09. The summed E-state index contributed by atoms with van der Waals surface area (Å²) in [5.41, 5.74) is 1.77. The summed E-state index contributed by atoms with van der Waals surface area (Å²) in [5, 5.41) is 12.5. The highest BCUT2D eigenvalue weighted by atomic mass is 32.2. The largest absolute Gasteiger partial charge is 0.396 e. The molecule has 16 heavy (non-hydrogen) atoms. The van der Waals surface area contributed by atoms with E-state index < -0.39 is 15.2 Å². The van der Waals surface area contributed by atoms with E-state index in [-0.39, 0.29) is 12.4 Å². The molecule has 0 saturated carbocycles. The van der Waals surface area contributed by atoms with Gasteiger partial charge in [-0.25, -0.2) is 8.42 Å². The van der Waals surface area contributed by atoms with Crippen molar-refractivity contribution >= 4 is 9.84 Å². The molecule has 1 N–H and O–H groups in total. The molecule has 0 bridgehead atoms. The monoisotopic (exact) mass is 244 g/mol. The molecular weight excluding hydrogens is 228 g/mol. The Balaban J connectivity index is 2.34. The maximum Gasteiger partial charge on any atom is 0.173 e. The van der Waals surface area contributed by atoms with Gasteiger partial charge in [0.15, 0.2) is 15.2 Å². The van der Waals surface area contributed by atoms with Crippen LogP contribution in [0.4, 0.5) is 0 Å². The van der Waals surface area contributed by atoms with Crippen LogP contribution in [0.15, 0.2) is 6.20 Å². The first-order chi connectivity index (χ1) is 7.56. The van der Waals surface area contributed by atoms with Crippen molar-refractivity contribution in [2.45, 2.75) is 31.6 Å². The van der Waals surface area contributed by atoms with Crippen molar-refractivity contribution in [1.29, 1.82) is 0 Å². The Bertz CT molecular complexity index is 478. The second-order valence-corrected chi connectivity index (χ2v) is 6.42. The molecule has 2 heterocycles. The van der Waals surface area contributed by atoms with E-state index in [1.54, 1.807) is 10.9 Å². The van der Waals surface area contributed by atoms with E-state index in [1.165, 1.54) is 0 Å². The molecule has 1 saturated heterocycles. The van der Waals surface area contributed by atoms with Crippen molar-refractivity contribution in [3.63, 3.8) is 0 Å². The van der Waals surface area contributed by atoms with Crippen LogP contribution in [0.1, 0.15) is 29.5 Å². The first-order valence-electron chi connectivity index (χ1n) is 5.41. The van der Waals surface area contributed by atoms with Gasteiger partial charge in [0, 0.05) is 12.3 Å². The zero-order chi connectivity index (χ0) is 11.8. The maximum absolute atomic E-state index is 11.8. The van der Waals surface area contributed by atoms with Gasteiger partial charge in [-0.1, -0.05) is 0 Å². The van der Waals surface area contributed by atoms with Crippen molar-refractivity contribution < 1.29 is 13.5 Å². The van der Waals surface area contributed by atoms with E-state index >= 15 is 0 Å². The van der Waals surface area contributed by atoms with Crippen molar-refractivity contribution in [3.8, 4) is 0 Å². The zero-order valence-electron chi connectivity index (χ0n) is 9.26. The third-order valence-corrected chi connectivity index (χ3v) is 5.22. The molecule has 0 amide bonds. The predicted molar refractivity (Wildman–Crippen MR) is 59.8 cm³/mol. The van der Waals surface area contributed by atoms with Crippen LogP contribution in [0.5, 0.6) is 0 Å². The quantitative estimate of drug-likeness (QED) is 0.837. The molecule has 5 nitrogen and oxygen atoms in total. The predicted octanol–water partition coefficient (Wildman–Crippen LogP) is 0.434. The number of hydrogen-bond acceptors (Lipinski definition) is 4. The number of nitrogens with zero attached hydrogens (tertiary/aromatic N) is 2. The first-order valence-corrected chi connectivity index (χ1v) is 7.13. The molecule has 0 aliphatic carbocycles. The molecule has 0 radical (unpaired) electrons. The van der Waals surface area contributed by atoms with Gasteiger partial charge in [0.2, 0.25) is 0 Å². The van der Waals surface area contributed by atoms with E-state index in [1.807, 2.05) is 6.92 Å². The van der Waals surface area contributed by atoms with Crippen LogP contribution in [-0.4, -0.2) is 35.7 Å². The highest BCUT2D eigenvalue weighted by Crippen LogP contribution is 2.30. The Labute approximate surface area is 95.0 Å². The number of aliphatic hydroxyl groups is 1. The molecule has 1 unspecified atom stereocenters. The summed E-state index contributed by atoms with van der Waals surface area (Å²) < 4.78 is 25.1. The van der Waals surface area contributed by atoms with E-state index in [0.717, 1.165) is 11.3 Å². The smallest absolute Gasteiger partial charge is 0.173 e. The molecule has 1 atom stereocenters. The summed E-state index contributed by atoms with van der Waals surface area (Å²) in [6.45, 7) is 1.91. The Kier molecular flexibility index (Phi) is 3.03.